The number of anilines is 1. The van der Waals surface area contributed by atoms with Crippen molar-refractivity contribution >= 4 is 33.5 Å². The fraction of sp³-hybridized carbons (Fsp3) is 0.462. The first-order valence-corrected chi connectivity index (χ1v) is 15.5. The standard InChI is InChI=1S/C26H30ClF3N8O3S/c1-35-9-10-36(15-23(35)39)13-17-3-4-22(20(27)11-17)37-14-21(32-16-37)24-19(26(28,29)30)12-31-25(34-24)33-18-5-7-38(8-6-18)42(2,40)41/h3-4,11-12,14,16,18H,5-10,13,15H2,1-2H3,(H,31,33,34). The molecule has 4 heterocycles. The number of halogens is 4. The molecule has 2 fully saturated rings. The van der Waals surface area contributed by atoms with E-state index in [1.54, 1.807) is 24.1 Å². The normalized spacial score (nSPS) is 18.0. The lowest BCUT2D eigenvalue weighted by molar-refractivity contribution is -0.137. The van der Waals surface area contributed by atoms with E-state index in [0.717, 1.165) is 24.6 Å². The smallest absolute Gasteiger partial charge is 0.351 e. The number of hydrogen-bond donors (Lipinski definition) is 1. The Balaban J connectivity index is 1.35. The Hall–Kier alpha value is -3.27. The highest BCUT2D eigenvalue weighted by Gasteiger charge is 2.36. The number of imidazole rings is 1. The number of carbonyl (C=O) groups excluding carboxylic acids is 1. The van der Waals surface area contributed by atoms with Crippen molar-refractivity contribution in [1.82, 2.24) is 33.6 Å². The Kier molecular flexibility index (Phi) is 8.47. The predicted molar refractivity (Wildman–Crippen MR) is 151 cm³/mol. The third kappa shape index (κ3) is 6.85. The van der Waals surface area contributed by atoms with Gasteiger partial charge in [0.05, 0.1) is 23.5 Å². The highest BCUT2D eigenvalue weighted by atomic mass is 35.5. The van der Waals surface area contributed by atoms with Gasteiger partial charge in [0.1, 0.15) is 23.3 Å². The van der Waals surface area contributed by atoms with Gasteiger partial charge in [0.25, 0.3) is 0 Å². The first-order chi connectivity index (χ1) is 19.8. The number of likely N-dealkylation sites (N-methyl/N-ethyl adjacent to an activating group) is 1. The second kappa shape index (κ2) is 11.8. The molecule has 0 atom stereocenters. The maximum atomic E-state index is 13.9. The Morgan fingerprint density at radius 1 is 1.12 bits per heavy atom. The maximum absolute atomic E-state index is 13.9. The minimum atomic E-state index is -4.72. The van der Waals surface area contributed by atoms with Gasteiger partial charge in [0.2, 0.25) is 21.9 Å². The van der Waals surface area contributed by atoms with Crippen LogP contribution in [0.2, 0.25) is 5.02 Å². The topological polar surface area (TPSA) is 117 Å². The molecule has 0 saturated carbocycles. The molecule has 2 saturated heterocycles. The first kappa shape index (κ1) is 30.2. The summed E-state index contributed by atoms with van der Waals surface area (Å²) in [6.07, 6.45) is 0.854. The summed E-state index contributed by atoms with van der Waals surface area (Å²) < 4.78 is 68.2. The number of aromatic nitrogens is 4. The summed E-state index contributed by atoms with van der Waals surface area (Å²) >= 11 is 6.57. The summed E-state index contributed by atoms with van der Waals surface area (Å²) in [5, 5.41) is 3.41. The Morgan fingerprint density at radius 3 is 2.50 bits per heavy atom. The van der Waals surface area contributed by atoms with Gasteiger partial charge in [-0.1, -0.05) is 17.7 Å². The van der Waals surface area contributed by atoms with Gasteiger partial charge in [-0.15, -0.1) is 0 Å². The van der Waals surface area contributed by atoms with Crippen molar-refractivity contribution < 1.29 is 26.4 Å². The van der Waals surface area contributed by atoms with Crippen LogP contribution in [0.3, 0.4) is 0 Å². The van der Waals surface area contributed by atoms with Crippen LogP contribution >= 0.6 is 11.6 Å². The lowest BCUT2D eigenvalue weighted by Gasteiger charge is -2.32. The minimum Gasteiger partial charge on any atom is -0.351 e. The van der Waals surface area contributed by atoms with Crippen LogP contribution in [0.25, 0.3) is 17.1 Å². The summed E-state index contributed by atoms with van der Waals surface area (Å²) in [5.74, 6) is 0.0451. The third-order valence-corrected chi connectivity index (χ3v) is 9.01. The average Bonchev–Trinajstić information content (AvgIpc) is 3.40. The molecule has 0 bridgehead atoms. The van der Waals surface area contributed by atoms with Crippen LogP contribution in [-0.2, 0) is 27.5 Å². The fourth-order valence-corrected chi connectivity index (χ4v) is 6.18. The Morgan fingerprint density at radius 2 is 1.86 bits per heavy atom. The zero-order chi connectivity index (χ0) is 30.2. The van der Waals surface area contributed by atoms with Gasteiger partial charge in [0, 0.05) is 58.2 Å². The van der Waals surface area contributed by atoms with Gasteiger partial charge < -0.3 is 14.8 Å². The maximum Gasteiger partial charge on any atom is 0.420 e. The number of alkyl halides is 3. The van der Waals surface area contributed by atoms with Gasteiger partial charge in [-0.05, 0) is 30.5 Å². The molecule has 1 aromatic carbocycles. The number of piperidine rings is 1. The third-order valence-electron chi connectivity index (χ3n) is 7.41. The highest BCUT2D eigenvalue weighted by Crippen LogP contribution is 2.36. The number of rotatable bonds is 7. The summed E-state index contributed by atoms with van der Waals surface area (Å²) in [6, 6.07) is 5.17. The van der Waals surface area contributed by atoms with Crippen molar-refractivity contribution in [2.75, 3.05) is 51.3 Å². The van der Waals surface area contributed by atoms with Crippen LogP contribution in [0.5, 0.6) is 0 Å². The van der Waals surface area contributed by atoms with Crippen molar-refractivity contribution in [1.29, 1.82) is 0 Å². The average molecular weight is 627 g/mol. The van der Waals surface area contributed by atoms with E-state index in [-0.39, 0.29) is 29.3 Å². The van der Waals surface area contributed by atoms with Crippen molar-refractivity contribution in [3.8, 4) is 17.1 Å². The van der Waals surface area contributed by atoms with E-state index in [4.69, 9.17) is 11.6 Å². The van der Waals surface area contributed by atoms with Crippen molar-refractivity contribution in [2.24, 2.45) is 0 Å². The molecule has 0 unspecified atom stereocenters. The van der Waals surface area contributed by atoms with Gasteiger partial charge in [0.15, 0.2) is 0 Å². The van der Waals surface area contributed by atoms with Gasteiger partial charge in [-0.3, -0.25) is 9.69 Å². The molecule has 1 amide bonds. The Labute approximate surface area is 246 Å². The lowest BCUT2D eigenvalue weighted by atomic mass is 10.1. The van der Waals surface area contributed by atoms with E-state index in [1.165, 1.54) is 21.4 Å². The fourth-order valence-electron chi connectivity index (χ4n) is 5.00. The molecule has 2 aliphatic heterocycles. The monoisotopic (exact) mass is 626 g/mol. The summed E-state index contributed by atoms with van der Waals surface area (Å²) in [4.78, 5) is 28.0. The molecule has 16 heteroatoms. The molecular weight excluding hydrogens is 597 g/mol. The van der Waals surface area contributed by atoms with E-state index >= 15 is 0 Å². The van der Waals surface area contributed by atoms with Crippen LogP contribution in [0.15, 0.2) is 36.9 Å². The molecule has 226 valence electrons. The van der Waals surface area contributed by atoms with Gasteiger partial charge in [-0.25, -0.2) is 27.7 Å². The van der Waals surface area contributed by atoms with Crippen LogP contribution < -0.4 is 5.32 Å². The summed E-state index contributed by atoms with van der Waals surface area (Å²) in [7, 11) is -1.54. The number of amides is 1. The van der Waals surface area contributed by atoms with E-state index in [2.05, 4.69) is 20.3 Å². The molecule has 0 spiro atoms. The number of hydrogen-bond acceptors (Lipinski definition) is 8. The molecule has 0 aliphatic carbocycles. The molecule has 2 aromatic heterocycles. The van der Waals surface area contributed by atoms with Crippen molar-refractivity contribution in [3.05, 3.63) is 53.1 Å². The Bertz CT molecular complexity index is 1570. The molecule has 3 aromatic rings. The van der Waals surface area contributed by atoms with Crippen LogP contribution in [0.1, 0.15) is 24.0 Å². The van der Waals surface area contributed by atoms with Crippen LogP contribution in [0.4, 0.5) is 19.1 Å². The van der Waals surface area contributed by atoms with E-state index < -0.39 is 21.8 Å². The van der Waals surface area contributed by atoms with E-state index in [0.29, 0.717) is 56.3 Å². The largest absolute Gasteiger partial charge is 0.420 e. The molecule has 5 rings (SSSR count). The number of sulfonamides is 1. The quantitative estimate of drug-likeness (QED) is 0.425. The molecule has 11 nitrogen and oxygen atoms in total. The van der Waals surface area contributed by atoms with Gasteiger partial charge >= 0.3 is 6.18 Å². The van der Waals surface area contributed by atoms with Gasteiger partial charge in [-0.2, -0.15) is 13.2 Å². The van der Waals surface area contributed by atoms with Crippen molar-refractivity contribution in [3.63, 3.8) is 0 Å². The molecule has 42 heavy (non-hydrogen) atoms. The highest BCUT2D eigenvalue weighted by molar-refractivity contribution is 7.88. The molecule has 2 aliphatic rings. The predicted octanol–water partition coefficient (Wildman–Crippen LogP) is 3.11. The number of nitrogens with zero attached hydrogens (tertiary/aromatic N) is 7. The lowest BCUT2D eigenvalue weighted by Crippen LogP contribution is -2.47. The van der Waals surface area contributed by atoms with Crippen LogP contribution in [-0.4, -0.2) is 100 Å². The SMILES string of the molecule is CN1CCN(Cc2ccc(-n3cnc(-c4nc(NC5CCN(S(C)(=O)=O)CC5)ncc4C(F)(F)F)c3)c(Cl)c2)CC1=O. The first-order valence-electron chi connectivity index (χ1n) is 13.2. The second-order valence-corrected chi connectivity index (χ2v) is 12.9. The number of benzene rings is 1. The number of piperazine rings is 1. The molecular formula is C26H30ClF3N8O3S. The number of carbonyl (C=O) groups is 1. The number of nitrogens with one attached hydrogen (secondary N) is 1. The van der Waals surface area contributed by atoms with E-state index in [9.17, 15) is 26.4 Å². The van der Waals surface area contributed by atoms with Crippen molar-refractivity contribution in [2.45, 2.75) is 31.6 Å². The summed E-state index contributed by atoms with van der Waals surface area (Å²) in [6.45, 7) is 2.82. The van der Waals surface area contributed by atoms with E-state index in [1.807, 2.05) is 11.0 Å². The molecule has 1 N–H and O–H groups in total. The summed E-state index contributed by atoms with van der Waals surface area (Å²) in [5.41, 5.74) is -0.0224. The zero-order valence-corrected chi connectivity index (χ0v) is 24.5. The molecule has 0 radical (unpaired) electrons. The minimum absolute atomic E-state index is 0.00451. The van der Waals surface area contributed by atoms with Crippen LogP contribution in [0, 0.1) is 0 Å². The second-order valence-electron chi connectivity index (χ2n) is 10.5. The zero-order valence-electron chi connectivity index (χ0n) is 23.0.